The van der Waals surface area contributed by atoms with E-state index in [4.69, 9.17) is 28.5 Å². The Balaban J connectivity index is 2.42. The molecule has 0 atom stereocenters. The molecule has 19 heavy (non-hydrogen) atoms. The third-order valence-corrected chi connectivity index (χ3v) is 5.19. The third kappa shape index (κ3) is 2.84. The lowest BCUT2D eigenvalue weighted by molar-refractivity contribution is 0.601. The molecule has 2 aromatic rings. The van der Waals surface area contributed by atoms with E-state index in [1.807, 2.05) is 6.07 Å². The Hall–Kier alpha value is -1.27. The highest BCUT2D eigenvalue weighted by molar-refractivity contribution is 7.93. The van der Waals surface area contributed by atoms with Gasteiger partial charge in [0.1, 0.15) is 20.9 Å². The van der Waals surface area contributed by atoms with Gasteiger partial charge in [-0.25, -0.2) is 8.42 Å². The van der Waals surface area contributed by atoms with Crippen molar-refractivity contribution in [2.45, 2.75) is 4.90 Å². The first-order chi connectivity index (χ1) is 8.83. The fourth-order valence-electron chi connectivity index (χ4n) is 1.34. The van der Waals surface area contributed by atoms with E-state index in [1.54, 1.807) is 7.05 Å². The van der Waals surface area contributed by atoms with Gasteiger partial charge < -0.3 is 0 Å². The van der Waals surface area contributed by atoms with Gasteiger partial charge in [-0.05, 0) is 6.07 Å². The average molecular weight is 337 g/mol. The van der Waals surface area contributed by atoms with E-state index in [9.17, 15) is 8.42 Å². The van der Waals surface area contributed by atoms with Gasteiger partial charge in [-0.2, -0.15) is 10.4 Å². The van der Waals surface area contributed by atoms with Crippen molar-refractivity contribution >= 4 is 50.4 Å². The maximum Gasteiger partial charge on any atom is 0.265 e. The molecule has 0 aliphatic carbocycles. The maximum absolute atomic E-state index is 12.1. The summed E-state index contributed by atoms with van der Waals surface area (Å²) < 4.78 is 28.1. The third-order valence-electron chi connectivity index (χ3n) is 2.10. The van der Waals surface area contributed by atoms with E-state index in [2.05, 4.69) is 9.82 Å². The van der Waals surface area contributed by atoms with Crippen molar-refractivity contribution in [3.63, 3.8) is 0 Å². The summed E-state index contributed by atoms with van der Waals surface area (Å²) in [5.41, 5.74) is 0.114. The number of hydrogen-bond acceptors (Lipinski definition) is 5. The van der Waals surface area contributed by atoms with Crippen LogP contribution < -0.4 is 4.72 Å². The smallest absolute Gasteiger partial charge is 0.265 e. The summed E-state index contributed by atoms with van der Waals surface area (Å²) in [6, 6.07) is 3.09. The monoisotopic (exact) mass is 336 g/mol. The maximum atomic E-state index is 12.1. The molecule has 100 valence electrons. The Morgan fingerprint density at radius 2 is 2.21 bits per heavy atom. The second-order valence-corrected chi connectivity index (χ2v) is 7.41. The van der Waals surface area contributed by atoms with Crippen LogP contribution >= 0.6 is 34.5 Å². The second kappa shape index (κ2) is 5.02. The van der Waals surface area contributed by atoms with Crippen LogP contribution in [0.4, 0.5) is 5.82 Å². The van der Waals surface area contributed by atoms with Crippen LogP contribution in [0.15, 0.2) is 17.2 Å². The first-order valence-corrected chi connectivity index (χ1v) is 7.80. The number of halogens is 2. The fraction of sp³-hybridized carbons (Fsp3) is 0.111. The lowest BCUT2D eigenvalue weighted by atomic mass is 10.4. The zero-order valence-electron chi connectivity index (χ0n) is 9.39. The van der Waals surface area contributed by atoms with Crippen LogP contribution in [0.25, 0.3) is 0 Å². The number of thiophene rings is 1. The molecule has 0 aromatic carbocycles. The normalized spacial score (nSPS) is 11.3. The minimum atomic E-state index is -3.93. The van der Waals surface area contributed by atoms with Crippen molar-refractivity contribution < 1.29 is 8.42 Å². The van der Waals surface area contributed by atoms with Crippen LogP contribution in [0.1, 0.15) is 5.56 Å². The summed E-state index contributed by atoms with van der Waals surface area (Å²) in [6.45, 7) is 0. The molecule has 0 saturated heterocycles. The minimum absolute atomic E-state index is 0.0481. The predicted octanol–water partition coefficient (Wildman–Crippen LogP) is 2.46. The van der Waals surface area contributed by atoms with Crippen molar-refractivity contribution in [3.05, 3.63) is 26.5 Å². The first kappa shape index (κ1) is 14.1. The summed E-state index contributed by atoms with van der Waals surface area (Å²) in [7, 11) is -2.35. The highest BCUT2D eigenvalue weighted by atomic mass is 35.5. The lowest BCUT2D eigenvalue weighted by Crippen LogP contribution is -2.13. The Bertz CT molecular complexity index is 773. The molecule has 2 rings (SSSR count). The molecule has 0 fully saturated rings. The van der Waals surface area contributed by atoms with Crippen LogP contribution in [-0.2, 0) is 17.1 Å². The van der Waals surface area contributed by atoms with Gasteiger partial charge in [-0.3, -0.25) is 9.40 Å². The zero-order valence-corrected chi connectivity index (χ0v) is 12.5. The number of nitrogens with one attached hydrogen (secondary N) is 1. The van der Waals surface area contributed by atoms with Gasteiger partial charge in [0.15, 0.2) is 5.82 Å². The van der Waals surface area contributed by atoms with Gasteiger partial charge in [0.25, 0.3) is 10.0 Å². The van der Waals surface area contributed by atoms with Gasteiger partial charge in [0.05, 0.1) is 4.34 Å². The SMILES string of the molecule is Cn1cc(C#N)c(NS(=O)(=O)c2cc(Cl)sc2Cl)n1. The molecule has 1 N–H and O–H groups in total. The molecule has 0 spiro atoms. The van der Waals surface area contributed by atoms with Gasteiger partial charge in [-0.15, -0.1) is 11.3 Å². The van der Waals surface area contributed by atoms with E-state index in [0.717, 1.165) is 11.3 Å². The lowest BCUT2D eigenvalue weighted by Gasteiger charge is -2.04. The van der Waals surface area contributed by atoms with Crippen LogP contribution in [0.3, 0.4) is 0 Å². The van der Waals surface area contributed by atoms with Crippen molar-refractivity contribution in [3.8, 4) is 6.07 Å². The van der Waals surface area contributed by atoms with Crippen molar-refractivity contribution in [1.82, 2.24) is 9.78 Å². The van der Waals surface area contributed by atoms with Crippen LogP contribution in [0.2, 0.25) is 8.67 Å². The number of aromatic nitrogens is 2. The highest BCUT2D eigenvalue weighted by Gasteiger charge is 2.23. The largest absolute Gasteiger partial charge is 0.272 e. The van der Waals surface area contributed by atoms with E-state index >= 15 is 0 Å². The number of nitrogens with zero attached hydrogens (tertiary/aromatic N) is 3. The number of hydrogen-bond donors (Lipinski definition) is 1. The molecule has 2 heterocycles. The summed E-state index contributed by atoms with van der Waals surface area (Å²) in [5.74, 6) is -0.0524. The Kier molecular flexibility index (Phi) is 3.73. The van der Waals surface area contributed by atoms with E-state index in [-0.39, 0.29) is 24.9 Å². The van der Waals surface area contributed by atoms with Gasteiger partial charge in [-0.1, -0.05) is 23.2 Å². The van der Waals surface area contributed by atoms with E-state index in [1.165, 1.54) is 16.9 Å². The van der Waals surface area contributed by atoms with Crippen LogP contribution in [-0.4, -0.2) is 18.2 Å². The van der Waals surface area contributed by atoms with Gasteiger partial charge in [0, 0.05) is 13.2 Å². The highest BCUT2D eigenvalue weighted by Crippen LogP contribution is 2.35. The number of rotatable bonds is 3. The standard InChI is InChI=1S/C9H6Cl2N4O2S2/c1-15-4-5(3-12)9(13-15)14-19(16,17)6-2-7(10)18-8(6)11/h2,4H,1H3,(H,13,14). The minimum Gasteiger partial charge on any atom is -0.272 e. The molecule has 0 amide bonds. The Labute approximate surface area is 123 Å². The van der Waals surface area contributed by atoms with E-state index < -0.39 is 10.0 Å². The van der Waals surface area contributed by atoms with Crippen molar-refractivity contribution in [2.75, 3.05) is 4.72 Å². The predicted molar refractivity (Wildman–Crippen MR) is 73.1 cm³/mol. The van der Waals surface area contributed by atoms with Crippen molar-refractivity contribution in [2.24, 2.45) is 7.05 Å². The molecule has 0 aliphatic rings. The molecule has 2 aromatic heterocycles. The van der Waals surface area contributed by atoms with Gasteiger partial charge in [0.2, 0.25) is 0 Å². The van der Waals surface area contributed by atoms with Crippen LogP contribution in [0.5, 0.6) is 0 Å². The number of nitriles is 1. The fourth-order valence-corrected chi connectivity index (χ4v) is 4.50. The molecular formula is C9H6Cl2N4O2S2. The zero-order chi connectivity index (χ0) is 14.2. The van der Waals surface area contributed by atoms with Crippen molar-refractivity contribution in [1.29, 1.82) is 5.26 Å². The molecule has 10 heteroatoms. The second-order valence-electron chi connectivity index (χ2n) is 3.47. The first-order valence-electron chi connectivity index (χ1n) is 4.75. The molecule has 0 unspecified atom stereocenters. The molecule has 0 radical (unpaired) electrons. The summed E-state index contributed by atoms with van der Waals surface area (Å²) in [6.07, 6.45) is 1.40. The summed E-state index contributed by atoms with van der Waals surface area (Å²) in [4.78, 5) is -0.140. The molecule has 6 nitrogen and oxygen atoms in total. The number of aryl methyl sites for hydroxylation is 1. The van der Waals surface area contributed by atoms with E-state index in [0.29, 0.717) is 0 Å². The van der Waals surface area contributed by atoms with Crippen LogP contribution in [0, 0.1) is 11.3 Å². The summed E-state index contributed by atoms with van der Waals surface area (Å²) in [5, 5.41) is 12.7. The Morgan fingerprint density at radius 3 is 2.74 bits per heavy atom. The Morgan fingerprint density at radius 1 is 1.53 bits per heavy atom. The number of anilines is 1. The molecule has 0 aliphatic heterocycles. The molecular weight excluding hydrogens is 331 g/mol. The average Bonchev–Trinajstić information content (AvgIpc) is 2.81. The topological polar surface area (TPSA) is 87.8 Å². The molecule has 0 saturated carbocycles. The summed E-state index contributed by atoms with van der Waals surface area (Å²) >= 11 is 12.4. The molecule has 0 bridgehead atoms. The quantitative estimate of drug-likeness (QED) is 0.932. The number of sulfonamides is 1. The van der Waals surface area contributed by atoms with Gasteiger partial charge >= 0.3 is 0 Å².